The minimum Gasteiger partial charge on any atom is -0.336 e. The Kier molecular flexibility index (Phi) is 7.92. The van der Waals surface area contributed by atoms with E-state index in [1.165, 1.54) is 12.1 Å². The zero-order valence-electron chi connectivity index (χ0n) is 15.9. The summed E-state index contributed by atoms with van der Waals surface area (Å²) >= 11 is 0. The maximum absolute atomic E-state index is 14.2. The molecule has 1 aliphatic heterocycles. The molecule has 1 heterocycles. The van der Waals surface area contributed by atoms with Crippen LogP contribution in [-0.4, -0.2) is 41.9 Å². The van der Waals surface area contributed by atoms with E-state index in [1.54, 1.807) is 12.1 Å². The summed E-state index contributed by atoms with van der Waals surface area (Å²) < 4.78 is 27.4. The number of hydrogen-bond acceptors (Lipinski definition) is 3. The summed E-state index contributed by atoms with van der Waals surface area (Å²) in [5, 5.41) is 0. The van der Waals surface area contributed by atoms with E-state index in [-0.39, 0.29) is 24.4 Å². The Hall–Kier alpha value is -2.02. The number of carbonyl (C=O) groups excluding carboxylic acids is 1. The van der Waals surface area contributed by atoms with Crippen LogP contribution < -0.4 is 5.73 Å². The van der Waals surface area contributed by atoms with Gasteiger partial charge in [0.25, 0.3) is 5.91 Å². The summed E-state index contributed by atoms with van der Waals surface area (Å²) in [7, 11) is 0. The molecule has 1 unspecified atom stereocenters. The Bertz CT molecular complexity index is 793. The molecule has 1 amide bonds. The fraction of sp³-hybridized carbons (Fsp3) is 0.381. The van der Waals surface area contributed by atoms with Gasteiger partial charge >= 0.3 is 0 Å². The molecule has 2 aromatic rings. The number of amides is 1. The molecule has 1 aliphatic rings. The van der Waals surface area contributed by atoms with Crippen molar-refractivity contribution in [2.75, 3.05) is 26.2 Å². The van der Waals surface area contributed by atoms with Gasteiger partial charge < -0.3 is 10.6 Å². The van der Waals surface area contributed by atoms with E-state index < -0.39 is 11.6 Å². The topological polar surface area (TPSA) is 49.6 Å². The summed E-state index contributed by atoms with van der Waals surface area (Å²) in [6.07, 6.45) is 0.719. The third-order valence-electron chi connectivity index (χ3n) is 5.19. The number of nitrogens with two attached hydrogens (primary N) is 1. The highest BCUT2D eigenvalue weighted by molar-refractivity contribution is 5.94. The van der Waals surface area contributed by atoms with Gasteiger partial charge in [0.1, 0.15) is 11.6 Å². The Morgan fingerprint density at radius 1 is 1.07 bits per heavy atom. The van der Waals surface area contributed by atoms with Crippen LogP contribution in [0.15, 0.2) is 42.5 Å². The van der Waals surface area contributed by atoms with Gasteiger partial charge in [0.2, 0.25) is 0 Å². The van der Waals surface area contributed by atoms with Crippen molar-refractivity contribution in [3.8, 4) is 0 Å². The number of rotatable bonds is 5. The second kappa shape index (κ2) is 9.96. The van der Waals surface area contributed by atoms with Gasteiger partial charge in [-0.15, -0.1) is 12.4 Å². The van der Waals surface area contributed by atoms with E-state index in [0.717, 1.165) is 18.1 Å². The van der Waals surface area contributed by atoms with Crippen LogP contribution in [0.3, 0.4) is 0 Å². The van der Waals surface area contributed by atoms with E-state index in [2.05, 4.69) is 4.90 Å². The molecule has 3 rings (SSSR count). The van der Waals surface area contributed by atoms with Gasteiger partial charge in [0.05, 0.1) is 0 Å². The van der Waals surface area contributed by atoms with Crippen LogP contribution in [0.25, 0.3) is 0 Å². The summed E-state index contributed by atoms with van der Waals surface area (Å²) in [6.45, 7) is 4.91. The predicted octanol–water partition coefficient (Wildman–Crippen LogP) is 3.75. The highest BCUT2D eigenvalue weighted by atomic mass is 35.5. The van der Waals surface area contributed by atoms with Crippen molar-refractivity contribution >= 4 is 18.3 Å². The van der Waals surface area contributed by atoms with E-state index in [9.17, 15) is 13.6 Å². The third kappa shape index (κ3) is 4.87. The zero-order valence-corrected chi connectivity index (χ0v) is 16.7. The predicted molar refractivity (Wildman–Crippen MR) is 108 cm³/mol. The third-order valence-corrected chi connectivity index (χ3v) is 5.19. The van der Waals surface area contributed by atoms with Crippen LogP contribution in [0.4, 0.5) is 8.78 Å². The molecule has 0 aliphatic carbocycles. The van der Waals surface area contributed by atoms with Crippen molar-refractivity contribution in [2.24, 2.45) is 5.73 Å². The van der Waals surface area contributed by atoms with E-state index in [0.29, 0.717) is 43.9 Å². The number of piperazine rings is 1. The number of hydrogen-bond donors (Lipinski definition) is 1. The molecule has 1 atom stereocenters. The Labute approximate surface area is 170 Å². The van der Waals surface area contributed by atoms with Crippen molar-refractivity contribution in [3.05, 3.63) is 70.8 Å². The first-order valence-electron chi connectivity index (χ1n) is 9.30. The molecule has 0 aromatic heterocycles. The molecule has 28 heavy (non-hydrogen) atoms. The Morgan fingerprint density at radius 2 is 1.71 bits per heavy atom. The minimum atomic E-state index is -0.567. The van der Waals surface area contributed by atoms with E-state index >= 15 is 0 Å². The van der Waals surface area contributed by atoms with E-state index in [4.69, 9.17) is 5.73 Å². The van der Waals surface area contributed by atoms with E-state index in [1.807, 2.05) is 24.0 Å². The highest BCUT2D eigenvalue weighted by Crippen LogP contribution is 2.28. The van der Waals surface area contributed by atoms with Crippen LogP contribution in [0.5, 0.6) is 0 Å². The largest absolute Gasteiger partial charge is 0.336 e. The SMILES string of the molecule is CCC(c1ccc(F)cc1F)N1CCN(C(=O)c2ccc(CN)cc2)CC1.Cl. The molecule has 4 nitrogen and oxygen atoms in total. The van der Waals surface area contributed by atoms with Crippen LogP contribution in [0.1, 0.15) is 40.9 Å². The normalized spacial score (nSPS) is 15.8. The second-order valence-electron chi connectivity index (χ2n) is 6.82. The number of halogens is 3. The lowest BCUT2D eigenvalue weighted by Gasteiger charge is -2.39. The molecule has 2 N–H and O–H groups in total. The summed E-state index contributed by atoms with van der Waals surface area (Å²) in [6, 6.07) is 11.0. The van der Waals surface area contributed by atoms with Gasteiger partial charge in [-0.1, -0.05) is 25.1 Å². The lowest BCUT2D eigenvalue weighted by atomic mass is 10.0. The first-order chi connectivity index (χ1) is 13.0. The summed E-state index contributed by atoms with van der Waals surface area (Å²) in [4.78, 5) is 16.7. The maximum Gasteiger partial charge on any atom is 0.253 e. The fourth-order valence-corrected chi connectivity index (χ4v) is 3.65. The molecule has 1 saturated heterocycles. The summed E-state index contributed by atoms with van der Waals surface area (Å²) in [5.41, 5.74) is 7.74. The lowest BCUT2D eigenvalue weighted by Crippen LogP contribution is -2.49. The van der Waals surface area contributed by atoms with Crippen LogP contribution >= 0.6 is 12.4 Å². The van der Waals surface area contributed by atoms with Gasteiger partial charge in [-0.25, -0.2) is 8.78 Å². The average molecular weight is 410 g/mol. The van der Waals surface area contributed by atoms with Crippen molar-refractivity contribution < 1.29 is 13.6 Å². The molecule has 7 heteroatoms. The van der Waals surface area contributed by atoms with Crippen LogP contribution in [0.2, 0.25) is 0 Å². The van der Waals surface area contributed by atoms with Gasteiger partial charge in [-0.05, 0) is 30.2 Å². The van der Waals surface area contributed by atoms with Crippen molar-refractivity contribution in [1.29, 1.82) is 0 Å². The molecule has 0 spiro atoms. The molecule has 2 aromatic carbocycles. The van der Waals surface area contributed by atoms with Gasteiger partial charge in [0.15, 0.2) is 0 Å². The Balaban J connectivity index is 0.00000280. The van der Waals surface area contributed by atoms with Gasteiger partial charge in [-0.3, -0.25) is 9.69 Å². The molecular formula is C21H26ClF2N3O. The molecule has 0 bridgehead atoms. The van der Waals surface area contributed by atoms with Crippen molar-refractivity contribution in [3.63, 3.8) is 0 Å². The smallest absolute Gasteiger partial charge is 0.253 e. The molecule has 0 saturated carbocycles. The monoisotopic (exact) mass is 409 g/mol. The average Bonchev–Trinajstić information content (AvgIpc) is 2.70. The minimum absolute atomic E-state index is 0. The number of benzene rings is 2. The van der Waals surface area contributed by atoms with Crippen LogP contribution in [0, 0.1) is 11.6 Å². The van der Waals surface area contributed by atoms with Gasteiger partial charge in [-0.2, -0.15) is 0 Å². The zero-order chi connectivity index (χ0) is 19.4. The second-order valence-corrected chi connectivity index (χ2v) is 6.82. The Morgan fingerprint density at radius 3 is 2.25 bits per heavy atom. The molecular weight excluding hydrogens is 384 g/mol. The first-order valence-corrected chi connectivity index (χ1v) is 9.30. The highest BCUT2D eigenvalue weighted by Gasteiger charge is 2.28. The fourth-order valence-electron chi connectivity index (χ4n) is 3.65. The first kappa shape index (κ1) is 22.3. The maximum atomic E-state index is 14.2. The van der Waals surface area contributed by atoms with Crippen molar-refractivity contribution in [1.82, 2.24) is 9.80 Å². The van der Waals surface area contributed by atoms with Crippen LogP contribution in [-0.2, 0) is 6.54 Å². The molecule has 1 fully saturated rings. The van der Waals surface area contributed by atoms with Gasteiger partial charge in [0, 0.05) is 56.0 Å². The summed E-state index contributed by atoms with van der Waals surface area (Å²) in [5.74, 6) is -1.08. The standard InChI is InChI=1S/C21H25F2N3O.ClH/c1-2-20(18-8-7-17(22)13-19(18)23)25-9-11-26(12-10-25)21(27)16-5-3-15(14-24)4-6-16;/h3-8,13,20H,2,9-12,14,24H2,1H3;1H. The molecule has 152 valence electrons. The lowest BCUT2D eigenvalue weighted by molar-refractivity contribution is 0.0558. The quantitative estimate of drug-likeness (QED) is 0.818. The number of nitrogens with zero attached hydrogens (tertiary/aromatic N) is 2. The van der Waals surface area contributed by atoms with Crippen molar-refractivity contribution in [2.45, 2.75) is 25.9 Å². The molecule has 0 radical (unpaired) electrons. The number of carbonyl (C=O) groups is 1.